The van der Waals surface area contributed by atoms with E-state index in [0.29, 0.717) is 0 Å². The molecule has 1 aromatic carbocycles. The predicted molar refractivity (Wildman–Crippen MR) is 85.2 cm³/mol. The van der Waals surface area contributed by atoms with E-state index in [-0.39, 0.29) is 0 Å². The molecule has 2 N–H and O–H groups in total. The molecule has 2 aromatic rings. The average Bonchev–Trinajstić information content (AvgIpc) is 2.84. The van der Waals surface area contributed by atoms with Gasteiger partial charge in [-0.25, -0.2) is 4.98 Å². The summed E-state index contributed by atoms with van der Waals surface area (Å²) in [5, 5.41) is 3.49. The number of aromatic amines is 1. The lowest BCUT2D eigenvalue weighted by atomic mass is 10.2. The number of imidazole rings is 1. The maximum Gasteiger partial charge on any atom is 0.108 e. The van der Waals surface area contributed by atoms with Crippen LogP contribution < -0.4 is 5.32 Å². The molecule has 1 heterocycles. The number of rotatable bonds is 8. The minimum absolute atomic E-state index is 0.950. The van der Waals surface area contributed by atoms with Gasteiger partial charge >= 0.3 is 0 Å². The number of hydrogen-bond acceptors (Lipinski definition) is 3. The van der Waals surface area contributed by atoms with E-state index in [4.69, 9.17) is 0 Å². The number of nitrogens with one attached hydrogen (secondary N) is 2. The fourth-order valence-electron chi connectivity index (χ4n) is 2.40. The lowest BCUT2D eigenvalue weighted by molar-refractivity contribution is 0.303. The highest BCUT2D eigenvalue weighted by Crippen LogP contribution is 2.13. The Morgan fingerprint density at radius 3 is 2.75 bits per heavy atom. The third-order valence-corrected chi connectivity index (χ3v) is 3.72. The normalized spacial score (nSPS) is 11.6. The number of fused-ring (bicyclic) bond motifs is 1. The summed E-state index contributed by atoms with van der Waals surface area (Å²) in [6.45, 7) is 11.9. The molecule has 110 valence electrons. The first kappa shape index (κ1) is 15.0. The molecule has 0 aliphatic carbocycles. The Morgan fingerprint density at radius 2 is 2.00 bits per heavy atom. The zero-order valence-electron chi connectivity index (χ0n) is 12.9. The Bertz CT molecular complexity index is 528. The van der Waals surface area contributed by atoms with Crippen LogP contribution >= 0.6 is 0 Å². The van der Waals surface area contributed by atoms with E-state index in [1.807, 2.05) is 0 Å². The summed E-state index contributed by atoms with van der Waals surface area (Å²) < 4.78 is 0. The zero-order valence-corrected chi connectivity index (χ0v) is 12.9. The van der Waals surface area contributed by atoms with Crippen molar-refractivity contribution in [1.82, 2.24) is 20.2 Å². The lowest BCUT2D eigenvalue weighted by Gasteiger charge is -2.17. The molecule has 0 saturated carbocycles. The zero-order chi connectivity index (χ0) is 14.4. The quantitative estimate of drug-likeness (QED) is 0.726. The minimum atomic E-state index is 0.950. The molecular weight excluding hydrogens is 248 g/mol. The van der Waals surface area contributed by atoms with Gasteiger partial charge in [-0.1, -0.05) is 19.9 Å². The van der Waals surface area contributed by atoms with Crippen molar-refractivity contribution in [2.75, 3.05) is 32.7 Å². The Labute approximate surface area is 121 Å². The van der Waals surface area contributed by atoms with Crippen LogP contribution in [-0.2, 0) is 6.42 Å². The Kier molecular flexibility index (Phi) is 5.56. The summed E-state index contributed by atoms with van der Waals surface area (Å²) in [7, 11) is 0. The van der Waals surface area contributed by atoms with E-state index in [1.165, 1.54) is 5.56 Å². The molecule has 0 atom stereocenters. The van der Waals surface area contributed by atoms with Gasteiger partial charge in [-0.15, -0.1) is 0 Å². The van der Waals surface area contributed by atoms with Crippen LogP contribution in [0, 0.1) is 6.92 Å². The van der Waals surface area contributed by atoms with Gasteiger partial charge in [0.2, 0.25) is 0 Å². The first-order valence-electron chi connectivity index (χ1n) is 7.61. The van der Waals surface area contributed by atoms with Gasteiger partial charge in [0.25, 0.3) is 0 Å². The maximum atomic E-state index is 4.61. The Balaban J connectivity index is 1.75. The van der Waals surface area contributed by atoms with E-state index in [9.17, 15) is 0 Å². The molecule has 0 spiro atoms. The number of H-pyrrole nitrogens is 1. The molecule has 0 fully saturated rings. The smallest absolute Gasteiger partial charge is 0.108 e. The molecule has 0 bridgehead atoms. The summed E-state index contributed by atoms with van der Waals surface area (Å²) in [6.07, 6.45) is 0.950. The van der Waals surface area contributed by atoms with Crippen molar-refractivity contribution < 1.29 is 0 Å². The van der Waals surface area contributed by atoms with Crippen LogP contribution in [0.2, 0.25) is 0 Å². The average molecular weight is 274 g/mol. The van der Waals surface area contributed by atoms with Crippen LogP contribution in [0.3, 0.4) is 0 Å². The van der Waals surface area contributed by atoms with Crippen LogP contribution in [-0.4, -0.2) is 47.6 Å². The van der Waals surface area contributed by atoms with Crippen LogP contribution in [0.25, 0.3) is 11.0 Å². The van der Waals surface area contributed by atoms with Gasteiger partial charge in [-0.3, -0.25) is 0 Å². The van der Waals surface area contributed by atoms with Gasteiger partial charge in [-0.2, -0.15) is 0 Å². The number of likely N-dealkylation sites (N-methyl/N-ethyl adjacent to an activating group) is 1. The summed E-state index contributed by atoms with van der Waals surface area (Å²) in [5.41, 5.74) is 3.47. The predicted octanol–water partition coefficient (Wildman–Crippen LogP) is 2.35. The molecular formula is C16H26N4. The van der Waals surface area contributed by atoms with Crippen molar-refractivity contribution >= 4 is 11.0 Å². The Hall–Kier alpha value is -1.39. The van der Waals surface area contributed by atoms with E-state index >= 15 is 0 Å². The van der Waals surface area contributed by atoms with E-state index in [1.54, 1.807) is 0 Å². The van der Waals surface area contributed by atoms with Crippen molar-refractivity contribution in [3.8, 4) is 0 Å². The number of hydrogen-bond donors (Lipinski definition) is 2. The lowest BCUT2D eigenvalue weighted by Crippen LogP contribution is -2.32. The Morgan fingerprint density at radius 1 is 1.20 bits per heavy atom. The molecule has 0 unspecified atom stereocenters. The highest BCUT2D eigenvalue weighted by molar-refractivity contribution is 5.75. The number of nitrogens with zero attached hydrogens (tertiary/aromatic N) is 2. The fraction of sp³-hybridized carbons (Fsp3) is 0.562. The summed E-state index contributed by atoms with van der Waals surface area (Å²) in [5.74, 6) is 1.07. The van der Waals surface area contributed by atoms with Gasteiger partial charge in [0, 0.05) is 26.1 Å². The number of aromatic nitrogens is 2. The molecule has 4 heteroatoms. The first-order valence-corrected chi connectivity index (χ1v) is 7.61. The molecule has 0 radical (unpaired) electrons. The van der Waals surface area contributed by atoms with Gasteiger partial charge in [-0.05, 0) is 37.7 Å². The SMILES string of the molecule is CCN(CC)CCNCCc1nc2ccc(C)cc2[nH]1. The van der Waals surface area contributed by atoms with Gasteiger partial charge in [0.05, 0.1) is 11.0 Å². The standard InChI is InChI=1S/C16H26N4/c1-4-20(5-2)11-10-17-9-8-16-18-14-7-6-13(3)12-15(14)19-16/h6-7,12,17H,4-5,8-11H2,1-3H3,(H,18,19). The second-order valence-electron chi connectivity index (χ2n) is 5.23. The minimum Gasteiger partial charge on any atom is -0.342 e. The topological polar surface area (TPSA) is 44.0 Å². The van der Waals surface area contributed by atoms with E-state index in [0.717, 1.165) is 56.0 Å². The van der Waals surface area contributed by atoms with E-state index in [2.05, 4.69) is 59.2 Å². The van der Waals surface area contributed by atoms with Crippen LogP contribution in [0.5, 0.6) is 0 Å². The molecule has 20 heavy (non-hydrogen) atoms. The van der Waals surface area contributed by atoms with Gasteiger partial charge < -0.3 is 15.2 Å². The highest BCUT2D eigenvalue weighted by atomic mass is 15.1. The van der Waals surface area contributed by atoms with Gasteiger partial charge in [0.15, 0.2) is 0 Å². The second-order valence-corrected chi connectivity index (χ2v) is 5.23. The molecule has 2 rings (SSSR count). The van der Waals surface area contributed by atoms with Crippen molar-refractivity contribution in [1.29, 1.82) is 0 Å². The number of aryl methyl sites for hydroxylation is 1. The largest absolute Gasteiger partial charge is 0.342 e. The highest BCUT2D eigenvalue weighted by Gasteiger charge is 2.03. The monoisotopic (exact) mass is 274 g/mol. The first-order chi connectivity index (χ1) is 9.72. The van der Waals surface area contributed by atoms with Gasteiger partial charge in [0.1, 0.15) is 5.82 Å². The van der Waals surface area contributed by atoms with Crippen LogP contribution in [0.4, 0.5) is 0 Å². The molecule has 0 saturated heterocycles. The molecule has 0 amide bonds. The summed E-state index contributed by atoms with van der Waals surface area (Å²) >= 11 is 0. The van der Waals surface area contributed by atoms with Crippen LogP contribution in [0.15, 0.2) is 18.2 Å². The van der Waals surface area contributed by atoms with Crippen molar-refractivity contribution in [3.05, 3.63) is 29.6 Å². The van der Waals surface area contributed by atoms with E-state index < -0.39 is 0 Å². The third-order valence-electron chi connectivity index (χ3n) is 3.72. The molecule has 0 aliphatic heterocycles. The van der Waals surface area contributed by atoms with Crippen molar-refractivity contribution in [2.24, 2.45) is 0 Å². The molecule has 1 aromatic heterocycles. The summed E-state index contributed by atoms with van der Waals surface area (Å²) in [4.78, 5) is 10.4. The fourth-order valence-corrected chi connectivity index (χ4v) is 2.40. The number of benzene rings is 1. The third kappa shape index (κ3) is 4.05. The van der Waals surface area contributed by atoms with Crippen molar-refractivity contribution in [3.63, 3.8) is 0 Å². The molecule has 4 nitrogen and oxygen atoms in total. The second kappa shape index (κ2) is 7.41. The summed E-state index contributed by atoms with van der Waals surface area (Å²) in [6, 6.07) is 6.34. The molecule has 0 aliphatic rings. The van der Waals surface area contributed by atoms with Crippen LogP contribution in [0.1, 0.15) is 25.2 Å². The van der Waals surface area contributed by atoms with Crippen molar-refractivity contribution in [2.45, 2.75) is 27.2 Å². The maximum absolute atomic E-state index is 4.61.